The molecule has 5 heteroatoms. The number of Topliss-reactive ketones (excluding diaryl/α,β-unsaturated/α-hetero) is 1. The van der Waals surface area contributed by atoms with Crippen LogP contribution in [0.25, 0.3) is 0 Å². The zero-order chi connectivity index (χ0) is 19.6. The summed E-state index contributed by atoms with van der Waals surface area (Å²) in [6.07, 6.45) is 0.761. The lowest BCUT2D eigenvalue weighted by Gasteiger charge is -2.26. The molecule has 0 amide bonds. The van der Waals surface area contributed by atoms with Gasteiger partial charge >= 0.3 is 0 Å². The molecule has 1 aliphatic rings. The lowest BCUT2D eigenvalue weighted by atomic mass is 9.82. The standard InChI is InChI=1S/C23H17Br2NO2/c24-19-10-6-17(7-11-19)22(27)15-23(18-8-12-20(25)13-9-18)14-21(26-28-23)16-4-2-1-3-5-16/h1-13H,14-15H2. The van der Waals surface area contributed by atoms with Crippen molar-refractivity contribution in [1.29, 1.82) is 0 Å². The van der Waals surface area contributed by atoms with E-state index in [1.165, 1.54) is 0 Å². The first-order chi connectivity index (χ1) is 13.6. The van der Waals surface area contributed by atoms with Gasteiger partial charge in [-0.15, -0.1) is 0 Å². The summed E-state index contributed by atoms with van der Waals surface area (Å²) in [6.45, 7) is 0. The zero-order valence-corrected chi connectivity index (χ0v) is 18.1. The van der Waals surface area contributed by atoms with Crippen LogP contribution in [0.4, 0.5) is 0 Å². The maximum Gasteiger partial charge on any atom is 0.175 e. The minimum Gasteiger partial charge on any atom is -0.383 e. The highest BCUT2D eigenvalue weighted by Crippen LogP contribution is 2.40. The zero-order valence-electron chi connectivity index (χ0n) is 14.9. The number of carbonyl (C=O) groups is 1. The Morgan fingerprint density at radius 2 is 1.50 bits per heavy atom. The van der Waals surface area contributed by atoms with Crippen LogP contribution >= 0.6 is 31.9 Å². The number of hydrogen-bond donors (Lipinski definition) is 0. The number of nitrogens with zero attached hydrogens (tertiary/aromatic N) is 1. The molecular weight excluding hydrogens is 482 g/mol. The maximum absolute atomic E-state index is 13.0. The van der Waals surface area contributed by atoms with Crippen LogP contribution < -0.4 is 0 Å². The summed E-state index contributed by atoms with van der Waals surface area (Å²) in [5, 5.41) is 4.36. The van der Waals surface area contributed by atoms with E-state index in [1.54, 1.807) is 0 Å². The number of oxime groups is 1. The Morgan fingerprint density at radius 1 is 0.893 bits per heavy atom. The molecule has 1 unspecified atom stereocenters. The molecule has 140 valence electrons. The van der Waals surface area contributed by atoms with Gasteiger partial charge in [0.25, 0.3) is 0 Å². The number of hydrogen-bond acceptors (Lipinski definition) is 3. The van der Waals surface area contributed by atoms with Crippen LogP contribution in [0.2, 0.25) is 0 Å². The second-order valence-corrected chi connectivity index (χ2v) is 8.61. The fourth-order valence-electron chi connectivity index (χ4n) is 3.37. The Labute approximate surface area is 180 Å². The minimum atomic E-state index is -0.809. The molecule has 3 aromatic rings. The Morgan fingerprint density at radius 3 is 2.14 bits per heavy atom. The van der Waals surface area contributed by atoms with Crippen molar-refractivity contribution in [1.82, 2.24) is 0 Å². The van der Waals surface area contributed by atoms with Crippen molar-refractivity contribution in [3.63, 3.8) is 0 Å². The molecule has 0 radical (unpaired) electrons. The first kappa shape index (κ1) is 19.1. The molecule has 28 heavy (non-hydrogen) atoms. The van der Waals surface area contributed by atoms with Crippen molar-refractivity contribution < 1.29 is 9.63 Å². The molecule has 0 fully saturated rings. The van der Waals surface area contributed by atoms with Crippen molar-refractivity contribution in [2.24, 2.45) is 5.16 Å². The SMILES string of the molecule is O=C(CC1(c2ccc(Br)cc2)CC(c2ccccc2)=NO1)c1ccc(Br)cc1. The van der Waals surface area contributed by atoms with Gasteiger partial charge in [0.15, 0.2) is 11.4 Å². The topological polar surface area (TPSA) is 38.7 Å². The molecule has 0 aromatic heterocycles. The first-order valence-electron chi connectivity index (χ1n) is 8.91. The second-order valence-electron chi connectivity index (χ2n) is 6.78. The Balaban J connectivity index is 1.66. The van der Waals surface area contributed by atoms with E-state index in [2.05, 4.69) is 37.0 Å². The molecule has 0 saturated carbocycles. The summed E-state index contributed by atoms with van der Waals surface area (Å²) in [4.78, 5) is 19.0. The van der Waals surface area contributed by atoms with Crippen molar-refractivity contribution in [3.05, 3.63) is 104 Å². The summed E-state index contributed by atoms with van der Waals surface area (Å²) in [7, 11) is 0. The van der Waals surface area contributed by atoms with E-state index in [-0.39, 0.29) is 12.2 Å². The van der Waals surface area contributed by atoms with Gasteiger partial charge in [0.05, 0.1) is 12.1 Å². The van der Waals surface area contributed by atoms with Gasteiger partial charge in [-0.1, -0.05) is 91.6 Å². The quantitative estimate of drug-likeness (QED) is 0.376. The van der Waals surface area contributed by atoms with Gasteiger partial charge in [-0.05, 0) is 35.4 Å². The average molecular weight is 499 g/mol. The van der Waals surface area contributed by atoms with E-state index < -0.39 is 5.60 Å². The van der Waals surface area contributed by atoms with Crippen LogP contribution in [0.15, 0.2) is 93.0 Å². The summed E-state index contributed by atoms with van der Waals surface area (Å²) in [6, 6.07) is 25.3. The normalized spacial score (nSPS) is 18.4. The maximum atomic E-state index is 13.0. The molecule has 0 spiro atoms. The van der Waals surface area contributed by atoms with Gasteiger partial charge < -0.3 is 4.84 Å². The summed E-state index contributed by atoms with van der Waals surface area (Å²) in [5.74, 6) is 0.0277. The third kappa shape index (κ3) is 3.96. The molecule has 0 bridgehead atoms. The molecule has 4 rings (SSSR count). The van der Waals surface area contributed by atoms with Crippen LogP contribution in [0.5, 0.6) is 0 Å². The van der Waals surface area contributed by atoms with E-state index in [1.807, 2.05) is 78.9 Å². The molecule has 3 nitrogen and oxygen atoms in total. The van der Waals surface area contributed by atoms with Crippen molar-refractivity contribution in [2.75, 3.05) is 0 Å². The predicted octanol–water partition coefficient (Wildman–Crippen LogP) is 6.50. The number of carbonyl (C=O) groups excluding carboxylic acids is 1. The van der Waals surface area contributed by atoms with E-state index in [0.717, 1.165) is 25.8 Å². The number of rotatable bonds is 5. The number of halogens is 2. The predicted molar refractivity (Wildman–Crippen MR) is 118 cm³/mol. The van der Waals surface area contributed by atoms with Gasteiger partial charge in [0.2, 0.25) is 0 Å². The van der Waals surface area contributed by atoms with Gasteiger partial charge in [-0.25, -0.2) is 0 Å². The molecule has 1 heterocycles. The monoisotopic (exact) mass is 497 g/mol. The highest BCUT2D eigenvalue weighted by molar-refractivity contribution is 9.10. The molecule has 1 aliphatic heterocycles. The van der Waals surface area contributed by atoms with Gasteiger partial charge in [0, 0.05) is 20.9 Å². The molecule has 0 N–H and O–H groups in total. The van der Waals surface area contributed by atoms with Crippen molar-refractivity contribution in [2.45, 2.75) is 18.4 Å². The smallest absolute Gasteiger partial charge is 0.175 e. The molecule has 0 aliphatic carbocycles. The highest BCUT2D eigenvalue weighted by Gasteiger charge is 2.43. The van der Waals surface area contributed by atoms with Crippen LogP contribution in [0.1, 0.15) is 34.3 Å². The van der Waals surface area contributed by atoms with Crippen molar-refractivity contribution >= 4 is 43.4 Å². The van der Waals surface area contributed by atoms with E-state index in [9.17, 15) is 4.79 Å². The van der Waals surface area contributed by atoms with Gasteiger partial charge in [-0.2, -0.15) is 0 Å². The number of ketones is 1. The Kier molecular flexibility index (Phi) is 5.47. The van der Waals surface area contributed by atoms with E-state index in [0.29, 0.717) is 12.0 Å². The third-order valence-electron chi connectivity index (χ3n) is 4.87. The Bertz CT molecular complexity index is 1010. The van der Waals surface area contributed by atoms with E-state index >= 15 is 0 Å². The largest absolute Gasteiger partial charge is 0.383 e. The third-order valence-corrected chi connectivity index (χ3v) is 5.93. The molecule has 3 aromatic carbocycles. The Hall–Kier alpha value is -2.24. The average Bonchev–Trinajstić information content (AvgIpc) is 3.15. The molecule has 1 atom stereocenters. The van der Waals surface area contributed by atoms with Crippen LogP contribution in [-0.2, 0) is 10.4 Å². The lowest BCUT2D eigenvalue weighted by Crippen LogP contribution is -2.30. The minimum absolute atomic E-state index is 0.0277. The summed E-state index contributed by atoms with van der Waals surface area (Å²) < 4.78 is 1.92. The van der Waals surface area contributed by atoms with Crippen LogP contribution in [0, 0.1) is 0 Å². The van der Waals surface area contributed by atoms with E-state index in [4.69, 9.17) is 4.84 Å². The summed E-state index contributed by atoms with van der Waals surface area (Å²) in [5.41, 5.74) is 2.66. The van der Waals surface area contributed by atoms with Gasteiger partial charge in [-0.3, -0.25) is 4.79 Å². The fraction of sp³-hybridized carbons (Fsp3) is 0.130. The first-order valence-corrected chi connectivity index (χ1v) is 10.5. The second kappa shape index (κ2) is 8.02. The molecular formula is C23H17Br2NO2. The highest BCUT2D eigenvalue weighted by atomic mass is 79.9. The van der Waals surface area contributed by atoms with Gasteiger partial charge in [0.1, 0.15) is 0 Å². The van der Waals surface area contributed by atoms with Crippen LogP contribution in [0.3, 0.4) is 0 Å². The fourth-order valence-corrected chi connectivity index (χ4v) is 3.89. The summed E-state index contributed by atoms with van der Waals surface area (Å²) >= 11 is 6.89. The lowest BCUT2D eigenvalue weighted by molar-refractivity contribution is -0.0248. The molecule has 0 saturated heterocycles. The van der Waals surface area contributed by atoms with Crippen molar-refractivity contribution in [3.8, 4) is 0 Å². The number of benzene rings is 3. The van der Waals surface area contributed by atoms with Crippen LogP contribution in [-0.4, -0.2) is 11.5 Å².